The molecule has 23 heavy (non-hydrogen) atoms. The maximum Gasteiger partial charge on any atom is 0.446 e. The van der Waals surface area contributed by atoms with Crippen molar-refractivity contribution in [3.63, 3.8) is 0 Å². The lowest BCUT2D eigenvalue weighted by Crippen LogP contribution is -2.46. The molecule has 0 aliphatic carbocycles. The first kappa shape index (κ1) is 20.6. The van der Waals surface area contributed by atoms with E-state index in [9.17, 15) is 21.6 Å². The number of sulfonamides is 1. The molecule has 1 saturated heterocycles. The lowest BCUT2D eigenvalue weighted by Gasteiger charge is -2.28. The molecule has 1 heterocycles. The molecule has 1 fully saturated rings. The minimum absolute atomic E-state index is 0. The molecule has 0 saturated carbocycles. The number of hydrogen-bond donors (Lipinski definition) is 2. The Morgan fingerprint density at radius 1 is 1.26 bits per heavy atom. The Bertz CT molecular complexity index is 609. The quantitative estimate of drug-likeness (QED) is 0.775. The van der Waals surface area contributed by atoms with Crippen LogP contribution < -0.4 is 10.0 Å². The SMILES string of the molecule is CC1CC(NS(=O)(=O)c2ccc(SC(F)(F)F)cc2)CCN1.Cl. The van der Waals surface area contributed by atoms with Crippen molar-refractivity contribution < 1.29 is 21.6 Å². The van der Waals surface area contributed by atoms with Crippen molar-refractivity contribution in [1.29, 1.82) is 0 Å². The molecule has 1 aliphatic rings. The normalized spacial score (nSPS) is 22.4. The fraction of sp³-hybridized carbons (Fsp3) is 0.538. The van der Waals surface area contributed by atoms with E-state index >= 15 is 0 Å². The minimum Gasteiger partial charge on any atom is -0.314 e. The molecule has 2 rings (SSSR count). The van der Waals surface area contributed by atoms with Gasteiger partial charge in [-0.3, -0.25) is 0 Å². The van der Waals surface area contributed by atoms with E-state index in [1.165, 1.54) is 12.1 Å². The number of alkyl halides is 3. The summed E-state index contributed by atoms with van der Waals surface area (Å²) in [4.78, 5) is -0.0628. The number of benzene rings is 1. The molecule has 0 bridgehead atoms. The molecule has 1 aromatic carbocycles. The molecule has 0 aromatic heterocycles. The van der Waals surface area contributed by atoms with E-state index in [4.69, 9.17) is 0 Å². The summed E-state index contributed by atoms with van der Waals surface area (Å²) in [6.45, 7) is 2.71. The zero-order valence-corrected chi connectivity index (χ0v) is 14.7. The zero-order chi connectivity index (χ0) is 16.4. The van der Waals surface area contributed by atoms with Gasteiger partial charge in [0.2, 0.25) is 10.0 Å². The van der Waals surface area contributed by atoms with Crippen LogP contribution >= 0.6 is 24.2 Å². The molecule has 132 valence electrons. The lowest BCUT2D eigenvalue weighted by molar-refractivity contribution is -0.0328. The number of nitrogens with one attached hydrogen (secondary N) is 2. The van der Waals surface area contributed by atoms with Gasteiger partial charge in [-0.25, -0.2) is 13.1 Å². The highest BCUT2D eigenvalue weighted by molar-refractivity contribution is 8.00. The molecular formula is C13H18ClF3N2O2S2. The molecule has 2 unspecified atom stereocenters. The van der Waals surface area contributed by atoms with Gasteiger partial charge >= 0.3 is 5.51 Å². The summed E-state index contributed by atoms with van der Waals surface area (Å²) in [5.74, 6) is 0. The maximum atomic E-state index is 12.2. The molecule has 1 aliphatic heterocycles. The summed E-state index contributed by atoms with van der Waals surface area (Å²) in [5.41, 5.74) is -4.39. The van der Waals surface area contributed by atoms with Crippen LogP contribution in [0.2, 0.25) is 0 Å². The van der Waals surface area contributed by atoms with Crippen molar-refractivity contribution in [3.8, 4) is 0 Å². The predicted octanol–water partition coefficient (Wildman–Crippen LogP) is 3.14. The van der Waals surface area contributed by atoms with Gasteiger partial charge in [-0.1, -0.05) is 0 Å². The lowest BCUT2D eigenvalue weighted by atomic mass is 10.0. The molecular weight excluding hydrogens is 373 g/mol. The van der Waals surface area contributed by atoms with Gasteiger partial charge in [0.25, 0.3) is 0 Å². The Morgan fingerprint density at radius 3 is 2.39 bits per heavy atom. The van der Waals surface area contributed by atoms with Crippen LogP contribution in [0.25, 0.3) is 0 Å². The Morgan fingerprint density at radius 2 is 1.87 bits per heavy atom. The first-order valence-corrected chi connectivity index (χ1v) is 9.07. The second-order valence-electron chi connectivity index (χ2n) is 5.22. The fourth-order valence-corrected chi connectivity index (χ4v) is 4.17. The zero-order valence-electron chi connectivity index (χ0n) is 12.3. The van der Waals surface area contributed by atoms with Crippen LogP contribution in [0.1, 0.15) is 19.8 Å². The van der Waals surface area contributed by atoms with Crippen LogP contribution in [0.3, 0.4) is 0 Å². The number of rotatable bonds is 4. The third kappa shape index (κ3) is 6.50. The molecule has 2 atom stereocenters. The number of halogens is 4. The predicted molar refractivity (Wildman–Crippen MR) is 86.4 cm³/mol. The summed E-state index contributed by atoms with van der Waals surface area (Å²) < 4.78 is 63.8. The first-order valence-electron chi connectivity index (χ1n) is 6.77. The first-order chi connectivity index (χ1) is 10.2. The van der Waals surface area contributed by atoms with E-state index in [0.717, 1.165) is 18.7 Å². The van der Waals surface area contributed by atoms with Crippen LogP contribution in [0.4, 0.5) is 13.2 Å². The maximum absolute atomic E-state index is 12.2. The molecule has 4 nitrogen and oxygen atoms in total. The van der Waals surface area contributed by atoms with Gasteiger partial charge in [-0.05, 0) is 62.3 Å². The summed E-state index contributed by atoms with van der Waals surface area (Å²) in [7, 11) is -3.71. The van der Waals surface area contributed by atoms with Gasteiger partial charge < -0.3 is 5.32 Å². The van der Waals surface area contributed by atoms with E-state index in [1.807, 2.05) is 6.92 Å². The van der Waals surface area contributed by atoms with Crippen molar-refractivity contribution in [3.05, 3.63) is 24.3 Å². The van der Waals surface area contributed by atoms with Gasteiger partial charge in [-0.15, -0.1) is 12.4 Å². The summed E-state index contributed by atoms with van der Waals surface area (Å²) in [5, 5.41) is 3.22. The number of thioether (sulfide) groups is 1. The van der Waals surface area contributed by atoms with Gasteiger partial charge in [0.1, 0.15) is 0 Å². The van der Waals surface area contributed by atoms with E-state index in [1.54, 1.807) is 0 Å². The van der Waals surface area contributed by atoms with Crippen LogP contribution in [0.15, 0.2) is 34.1 Å². The third-order valence-corrected chi connectivity index (χ3v) is 5.59. The van der Waals surface area contributed by atoms with Crippen LogP contribution in [-0.2, 0) is 10.0 Å². The Balaban J connectivity index is 0.00000264. The molecule has 1 aromatic rings. The minimum atomic E-state index is -4.39. The van der Waals surface area contributed by atoms with Crippen molar-refractivity contribution >= 4 is 34.2 Å². The Labute approximate surface area is 144 Å². The van der Waals surface area contributed by atoms with Crippen LogP contribution in [0, 0.1) is 0 Å². The van der Waals surface area contributed by atoms with Crippen molar-refractivity contribution in [2.45, 2.75) is 47.1 Å². The molecule has 2 N–H and O–H groups in total. The standard InChI is InChI=1S/C13H17F3N2O2S2.ClH/c1-9-8-10(6-7-17-9)18-22(19,20)12-4-2-11(3-5-12)21-13(14,15)16;/h2-5,9-10,17-18H,6-8H2,1H3;1H. The molecule has 0 radical (unpaired) electrons. The summed E-state index contributed by atoms with van der Waals surface area (Å²) in [6.07, 6.45) is 1.37. The second-order valence-corrected chi connectivity index (χ2v) is 8.07. The fourth-order valence-electron chi connectivity index (χ4n) is 2.35. The largest absolute Gasteiger partial charge is 0.446 e. The second kappa shape index (κ2) is 8.06. The van der Waals surface area contributed by atoms with Crippen molar-refractivity contribution in [2.24, 2.45) is 0 Å². The highest BCUT2D eigenvalue weighted by atomic mass is 35.5. The van der Waals surface area contributed by atoms with Crippen molar-refractivity contribution in [1.82, 2.24) is 10.0 Å². The Kier molecular flexibility index (Phi) is 7.21. The van der Waals surface area contributed by atoms with Gasteiger partial charge in [0.05, 0.1) is 4.90 Å². The molecule has 10 heteroatoms. The van der Waals surface area contributed by atoms with Crippen LogP contribution in [0.5, 0.6) is 0 Å². The number of hydrogen-bond acceptors (Lipinski definition) is 4. The van der Waals surface area contributed by atoms with E-state index in [2.05, 4.69) is 10.0 Å². The van der Waals surface area contributed by atoms with E-state index in [0.29, 0.717) is 12.8 Å². The van der Waals surface area contributed by atoms with Crippen LogP contribution in [-0.4, -0.2) is 32.6 Å². The average Bonchev–Trinajstić information content (AvgIpc) is 2.36. The smallest absolute Gasteiger partial charge is 0.314 e. The van der Waals surface area contributed by atoms with E-state index in [-0.39, 0.29) is 46.0 Å². The summed E-state index contributed by atoms with van der Waals surface area (Å²) in [6, 6.07) is 4.79. The third-order valence-electron chi connectivity index (χ3n) is 3.31. The van der Waals surface area contributed by atoms with Gasteiger partial charge in [0, 0.05) is 17.0 Å². The number of piperidine rings is 1. The topological polar surface area (TPSA) is 58.2 Å². The molecule has 0 spiro atoms. The highest BCUT2D eigenvalue weighted by Crippen LogP contribution is 2.36. The van der Waals surface area contributed by atoms with Crippen molar-refractivity contribution in [2.75, 3.05) is 6.54 Å². The monoisotopic (exact) mass is 390 g/mol. The van der Waals surface area contributed by atoms with Gasteiger partial charge in [0.15, 0.2) is 0 Å². The highest BCUT2D eigenvalue weighted by Gasteiger charge is 2.29. The Hall–Kier alpha value is -0.480. The summed E-state index contributed by atoms with van der Waals surface area (Å²) >= 11 is -0.267. The van der Waals surface area contributed by atoms with E-state index < -0.39 is 15.5 Å². The average molecular weight is 391 g/mol. The molecule has 0 amide bonds. The van der Waals surface area contributed by atoms with Gasteiger partial charge in [-0.2, -0.15) is 13.2 Å².